The van der Waals surface area contributed by atoms with E-state index in [-0.39, 0.29) is 4.88 Å². The zero-order valence-electron chi connectivity index (χ0n) is 23.8. The quantitative estimate of drug-likeness (QED) is 0.158. The third-order valence-corrected chi connectivity index (χ3v) is 13.3. The van der Waals surface area contributed by atoms with Crippen LogP contribution in [0.3, 0.4) is 0 Å². The summed E-state index contributed by atoms with van der Waals surface area (Å²) in [4.78, 5) is -5.49. The molecule has 0 atom stereocenters. The predicted molar refractivity (Wildman–Crippen MR) is 179 cm³/mol. The number of aryl methyl sites for hydroxylation is 2. The Morgan fingerprint density at radius 3 is 1.44 bits per heavy atom. The standard InChI is InChI=1S/C28H16F10N4S6/c1-13-3-4-15(11-14(13)2)17-6-8-19(43-17)23-25-27(41-45-39-25)24(28-26(23)40-46-42-28)20-9-7-18(44-20)16-5-10-21(47(29,30,31,32)33)22(12-16)48(34,35,36,37)38/h3-12H,1-2H3. The molecule has 0 bridgehead atoms. The number of hydrogen-bond donors (Lipinski definition) is 0. The third-order valence-electron chi connectivity index (χ3n) is 7.48. The molecule has 0 unspecified atom stereocenters. The van der Waals surface area contributed by atoms with Crippen molar-refractivity contribution in [3.63, 3.8) is 0 Å². The van der Waals surface area contributed by atoms with E-state index < -0.39 is 47.9 Å². The van der Waals surface area contributed by atoms with Gasteiger partial charge in [0.1, 0.15) is 32.2 Å². The van der Waals surface area contributed by atoms with Crippen molar-refractivity contribution in [1.29, 1.82) is 0 Å². The molecule has 4 nitrogen and oxygen atoms in total. The van der Waals surface area contributed by atoms with E-state index in [2.05, 4.69) is 23.5 Å². The highest BCUT2D eigenvalue weighted by Crippen LogP contribution is 3.09. The highest BCUT2D eigenvalue weighted by Gasteiger charge is 2.75. The Balaban J connectivity index is 1.36. The van der Waals surface area contributed by atoms with E-state index in [4.69, 9.17) is 0 Å². The van der Waals surface area contributed by atoms with Crippen LogP contribution in [0.15, 0.2) is 79.2 Å². The van der Waals surface area contributed by atoms with E-state index >= 15 is 0 Å². The van der Waals surface area contributed by atoms with Gasteiger partial charge >= 0.3 is 20.4 Å². The fraction of sp³-hybridized carbons (Fsp3) is 0.0714. The predicted octanol–water partition coefficient (Wildman–Crippen LogP) is 15.1. The van der Waals surface area contributed by atoms with Crippen LogP contribution in [0.5, 0.6) is 0 Å². The third kappa shape index (κ3) is 5.85. The number of hydrogen-bond acceptors (Lipinski definition) is 7. The van der Waals surface area contributed by atoms with Crippen LogP contribution in [0.25, 0.3) is 52.8 Å². The summed E-state index contributed by atoms with van der Waals surface area (Å²) in [6.07, 6.45) is 0. The molecule has 254 valence electrons. The van der Waals surface area contributed by atoms with Gasteiger partial charge in [-0.15, -0.1) is 22.7 Å². The lowest BCUT2D eigenvalue weighted by molar-refractivity contribution is 0.336. The van der Waals surface area contributed by atoms with Crippen LogP contribution >= 0.6 is 54.8 Å². The van der Waals surface area contributed by atoms with Crippen LogP contribution < -0.4 is 0 Å². The van der Waals surface area contributed by atoms with E-state index in [9.17, 15) is 38.9 Å². The molecule has 7 rings (SSSR count). The summed E-state index contributed by atoms with van der Waals surface area (Å²) in [5.74, 6) is 0. The van der Waals surface area contributed by atoms with Crippen LogP contribution in [0.1, 0.15) is 11.1 Å². The van der Waals surface area contributed by atoms with Crippen molar-refractivity contribution in [3.05, 3.63) is 71.8 Å². The molecule has 3 aromatic heterocycles. The average Bonchev–Trinajstić information content (AvgIpc) is 3.77. The van der Waals surface area contributed by atoms with Gasteiger partial charge in [0.2, 0.25) is 0 Å². The summed E-state index contributed by atoms with van der Waals surface area (Å²) < 4.78 is 154. The van der Waals surface area contributed by atoms with Gasteiger partial charge in [-0.1, -0.05) is 63.1 Å². The number of fused-ring (bicyclic) bond motifs is 2. The van der Waals surface area contributed by atoms with Gasteiger partial charge in [-0.2, -0.15) is 17.5 Å². The first-order valence-corrected chi connectivity index (χ1v) is 20.2. The molecule has 0 spiro atoms. The number of nitrogens with zero attached hydrogens (tertiary/aromatic N) is 4. The van der Waals surface area contributed by atoms with Crippen molar-refractivity contribution in [2.45, 2.75) is 23.6 Å². The molecule has 20 heteroatoms. The first kappa shape index (κ1) is 33.2. The van der Waals surface area contributed by atoms with Crippen LogP contribution in [0.2, 0.25) is 0 Å². The number of aromatic nitrogens is 2. The van der Waals surface area contributed by atoms with E-state index in [1.807, 2.05) is 38.1 Å². The van der Waals surface area contributed by atoms with Gasteiger partial charge in [-0.25, -0.2) is 0 Å². The second kappa shape index (κ2) is 9.27. The molecule has 0 radical (unpaired) electrons. The summed E-state index contributed by atoms with van der Waals surface area (Å²) in [6.45, 7) is 4.03. The molecule has 6 aromatic rings. The summed E-state index contributed by atoms with van der Waals surface area (Å²) in [7, 11) is -22.4. The Labute approximate surface area is 280 Å². The second-order valence-electron chi connectivity index (χ2n) is 10.9. The largest absolute Gasteiger partial charge is 0.311 e. The fourth-order valence-electron chi connectivity index (χ4n) is 5.16. The summed E-state index contributed by atoms with van der Waals surface area (Å²) >= 11 is 3.98. The minimum atomic E-state index is -11.3. The van der Waals surface area contributed by atoms with Gasteiger partial charge in [0.25, 0.3) is 0 Å². The smallest absolute Gasteiger partial charge is 0.172 e. The number of thiophene rings is 2. The van der Waals surface area contributed by atoms with Crippen molar-refractivity contribution < 1.29 is 38.9 Å². The second-order valence-corrected chi connectivity index (χ2v) is 18.9. The highest BCUT2D eigenvalue weighted by atomic mass is 32.5. The van der Waals surface area contributed by atoms with Gasteiger partial charge in [0, 0.05) is 30.6 Å². The fourth-order valence-corrected chi connectivity index (χ4v) is 10.9. The van der Waals surface area contributed by atoms with Crippen LogP contribution in [-0.2, 0) is 11.4 Å². The maximum atomic E-state index is 13.8. The zero-order chi connectivity index (χ0) is 34.8. The summed E-state index contributed by atoms with van der Waals surface area (Å²) in [6, 6.07) is 11.7. The Hall–Kier alpha value is -3.30. The van der Waals surface area contributed by atoms with Crippen LogP contribution in [0, 0.1) is 13.8 Å². The van der Waals surface area contributed by atoms with Gasteiger partial charge < -0.3 is 0 Å². The number of halogens is 10. The van der Waals surface area contributed by atoms with Gasteiger partial charge in [-0.05, 0) is 72.5 Å². The minimum absolute atomic E-state index is 0.199. The monoisotopic (exact) mass is 790 g/mol. The van der Waals surface area contributed by atoms with E-state index in [0.717, 1.165) is 60.9 Å². The van der Waals surface area contributed by atoms with Crippen molar-refractivity contribution in [1.82, 2.24) is 8.75 Å². The molecular formula is C28H16F10N4S6. The summed E-state index contributed by atoms with van der Waals surface area (Å²) in [5, 5.41) is 0. The lowest BCUT2D eigenvalue weighted by atomic mass is 10.0. The lowest BCUT2D eigenvalue weighted by Crippen LogP contribution is -2.15. The van der Waals surface area contributed by atoms with Crippen LogP contribution in [-0.4, -0.2) is 8.75 Å². The van der Waals surface area contributed by atoms with Crippen molar-refractivity contribution in [3.8, 4) is 41.8 Å². The maximum absolute atomic E-state index is 13.8. The Bertz CT molecular complexity index is 2440. The molecule has 0 saturated heterocycles. The Morgan fingerprint density at radius 1 is 0.500 bits per heavy atom. The lowest BCUT2D eigenvalue weighted by Gasteiger charge is -2.48. The molecule has 1 aliphatic heterocycles. The number of benzene rings is 3. The molecule has 0 N–H and O–H groups in total. The van der Waals surface area contributed by atoms with Gasteiger partial charge in [-0.3, -0.25) is 0 Å². The molecular weight excluding hydrogens is 775 g/mol. The van der Waals surface area contributed by atoms with Gasteiger partial charge in [0.05, 0.1) is 23.1 Å². The van der Waals surface area contributed by atoms with E-state index in [1.165, 1.54) is 23.5 Å². The van der Waals surface area contributed by atoms with E-state index in [1.54, 1.807) is 0 Å². The topological polar surface area (TPSA) is 50.5 Å². The molecule has 1 aliphatic rings. The van der Waals surface area contributed by atoms with Crippen molar-refractivity contribution >= 4 is 88.6 Å². The SMILES string of the molecule is Cc1ccc(-c2ccc(-c3c4c(c(-c5ccc(-c6ccc(S(F)(F)(F)(F)F)c(S(F)(F)(F)(F)F)c6)s5)c5nsnc35)N=S=N4)s2)cc1C. The maximum Gasteiger partial charge on any atom is 0.311 e. The molecule has 0 fully saturated rings. The van der Waals surface area contributed by atoms with Crippen molar-refractivity contribution in [2.24, 2.45) is 8.73 Å². The zero-order valence-corrected chi connectivity index (χ0v) is 28.7. The highest BCUT2D eigenvalue weighted by molar-refractivity contribution is 8.48. The van der Waals surface area contributed by atoms with Crippen LogP contribution in [0.4, 0.5) is 50.2 Å². The first-order valence-electron chi connectivity index (χ1n) is 13.2. The first-order chi connectivity index (χ1) is 21.9. The summed E-state index contributed by atoms with van der Waals surface area (Å²) in [5.41, 5.74) is 5.13. The average molecular weight is 791 g/mol. The van der Waals surface area contributed by atoms with Gasteiger partial charge in [0.15, 0.2) is 0 Å². The molecule has 48 heavy (non-hydrogen) atoms. The molecule has 0 saturated carbocycles. The number of rotatable bonds is 6. The Morgan fingerprint density at radius 2 is 0.958 bits per heavy atom. The molecule has 3 aromatic carbocycles. The Kier molecular flexibility index (Phi) is 6.41. The minimum Gasteiger partial charge on any atom is -0.172 e. The molecule has 0 amide bonds. The molecule has 0 aliphatic carbocycles. The normalized spacial score (nSPS) is 16.2. The van der Waals surface area contributed by atoms with Crippen molar-refractivity contribution in [2.75, 3.05) is 0 Å². The molecule has 4 heterocycles. The van der Waals surface area contributed by atoms with E-state index in [0.29, 0.717) is 44.5 Å².